The average molecular weight is 313 g/mol. The minimum absolute atomic E-state index is 0.0391. The van der Waals surface area contributed by atoms with Crippen LogP contribution in [0.1, 0.15) is 5.56 Å². The molecule has 0 saturated carbocycles. The molecule has 3 rings (SSSR count). The van der Waals surface area contributed by atoms with Crippen LogP contribution in [0.4, 0.5) is 5.69 Å². The first-order chi connectivity index (χ1) is 10.7. The minimum Gasteiger partial charge on any atom is -0.350 e. The molecule has 0 bridgehead atoms. The van der Waals surface area contributed by atoms with Gasteiger partial charge in [0.05, 0.1) is 11.4 Å². The van der Waals surface area contributed by atoms with Crippen LogP contribution in [-0.4, -0.2) is 29.1 Å². The quantitative estimate of drug-likeness (QED) is 0.935. The van der Waals surface area contributed by atoms with Gasteiger partial charge in [-0.1, -0.05) is 12.1 Å². The van der Waals surface area contributed by atoms with Gasteiger partial charge in [0.25, 0.3) is 0 Å². The maximum atomic E-state index is 12.1. The Balaban J connectivity index is 1.65. The van der Waals surface area contributed by atoms with Gasteiger partial charge in [-0.15, -0.1) is 11.8 Å². The molecule has 112 valence electrons. The highest BCUT2D eigenvalue weighted by molar-refractivity contribution is 8.00. The lowest BCUT2D eigenvalue weighted by molar-refractivity contribution is -0.123. The van der Waals surface area contributed by atoms with E-state index >= 15 is 0 Å². The van der Waals surface area contributed by atoms with Crippen molar-refractivity contribution in [2.24, 2.45) is 0 Å². The number of hydrogen-bond donors (Lipinski definition) is 1. The molecule has 0 atom stereocenters. The molecule has 0 radical (unpaired) electrons. The molecule has 6 heteroatoms. The zero-order valence-electron chi connectivity index (χ0n) is 11.9. The summed E-state index contributed by atoms with van der Waals surface area (Å²) in [6, 6.07) is 11.3. The van der Waals surface area contributed by atoms with Crippen LogP contribution in [0.5, 0.6) is 0 Å². The molecule has 0 spiro atoms. The second-order valence-electron chi connectivity index (χ2n) is 4.87. The average Bonchev–Trinajstić information content (AvgIpc) is 2.56. The number of thioether (sulfide) groups is 1. The third-order valence-corrected chi connectivity index (χ3v) is 4.40. The van der Waals surface area contributed by atoms with E-state index in [9.17, 15) is 9.59 Å². The number of hydrogen-bond acceptors (Lipinski definition) is 4. The zero-order chi connectivity index (χ0) is 15.4. The van der Waals surface area contributed by atoms with Crippen molar-refractivity contribution in [2.45, 2.75) is 11.4 Å². The third kappa shape index (κ3) is 3.28. The lowest BCUT2D eigenvalue weighted by atomic mass is 10.2. The van der Waals surface area contributed by atoms with Crippen molar-refractivity contribution >= 4 is 29.3 Å². The highest BCUT2D eigenvalue weighted by Gasteiger charge is 2.25. The van der Waals surface area contributed by atoms with Crippen LogP contribution in [0.25, 0.3) is 0 Å². The topological polar surface area (TPSA) is 62.3 Å². The molecule has 1 aromatic heterocycles. The molecule has 0 fully saturated rings. The van der Waals surface area contributed by atoms with E-state index in [-0.39, 0.29) is 18.4 Å². The van der Waals surface area contributed by atoms with Gasteiger partial charge >= 0.3 is 0 Å². The number of nitrogens with one attached hydrogen (secondary N) is 1. The number of carbonyl (C=O) groups is 2. The summed E-state index contributed by atoms with van der Waals surface area (Å²) in [5, 5.41) is 2.83. The van der Waals surface area contributed by atoms with E-state index in [0.717, 1.165) is 16.1 Å². The van der Waals surface area contributed by atoms with Gasteiger partial charge in [0.15, 0.2) is 0 Å². The van der Waals surface area contributed by atoms with E-state index in [0.29, 0.717) is 12.3 Å². The summed E-state index contributed by atoms with van der Waals surface area (Å²) in [4.78, 5) is 30.7. The number of nitrogens with zero attached hydrogens (tertiary/aromatic N) is 2. The van der Waals surface area contributed by atoms with E-state index < -0.39 is 0 Å². The van der Waals surface area contributed by atoms with Crippen molar-refractivity contribution in [2.75, 3.05) is 17.2 Å². The number of para-hydroxylation sites is 1. The third-order valence-electron chi connectivity index (χ3n) is 3.35. The molecule has 2 amide bonds. The van der Waals surface area contributed by atoms with E-state index in [1.807, 2.05) is 36.4 Å². The molecule has 0 saturated heterocycles. The van der Waals surface area contributed by atoms with Gasteiger partial charge in [0.1, 0.15) is 6.54 Å². The van der Waals surface area contributed by atoms with Gasteiger partial charge in [-0.05, 0) is 29.8 Å². The Bertz CT molecular complexity index is 691. The summed E-state index contributed by atoms with van der Waals surface area (Å²) in [6.07, 6.45) is 3.37. The normalized spacial score (nSPS) is 13.6. The predicted octanol–water partition coefficient (Wildman–Crippen LogP) is 1.84. The molecule has 0 unspecified atom stereocenters. The Morgan fingerprint density at radius 3 is 2.82 bits per heavy atom. The fourth-order valence-electron chi connectivity index (χ4n) is 2.23. The van der Waals surface area contributed by atoms with E-state index in [2.05, 4.69) is 10.3 Å². The number of amides is 2. The smallest absolute Gasteiger partial charge is 0.240 e. The minimum atomic E-state index is -0.174. The van der Waals surface area contributed by atoms with Gasteiger partial charge in [0.2, 0.25) is 11.8 Å². The molecule has 22 heavy (non-hydrogen) atoms. The van der Waals surface area contributed by atoms with Crippen molar-refractivity contribution < 1.29 is 9.59 Å². The zero-order valence-corrected chi connectivity index (χ0v) is 12.7. The number of benzene rings is 1. The fraction of sp³-hybridized carbons (Fsp3) is 0.188. The summed E-state index contributed by atoms with van der Waals surface area (Å²) < 4.78 is 0. The number of aromatic nitrogens is 1. The summed E-state index contributed by atoms with van der Waals surface area (Å²) in [5.41, 5.74) is 1.78. The summed E-state index contributed by atoms with van der Waals surface area (Å²) in [7, 11) is 0. The second kappa shape index (κ2) is 6.62. The molecular formula is C16H15N3O2S. The number of fused-ring (bicyclic) bond motifs is 1. The first-order valence-electron chi connectivity index (χ1n) is 6.92. The molecule has 1 N–H and O–H groups in total. The van der Waals surface area contributed by atoms with Gasteiger partial charge in [-0.25, -0.2) is 0 Å². The number of carbonyl (C=O) groups excluding carboxylic acids is 2. The van der Waals surface area contributed by atoms with Crippen LogP contribution < -0.4 is 10.2 Å². The first kappa shape index (κ1) is 14.6. The predicted molar refractivity (Wildman–Crippen MR) is 85.6 cm³/mol. The van der Waals surface area contributed by atoms with E-state index in [1.165, 1.54) is 11.8 Å². The van der Waals surface area contributed by atoms with Crippen molar-refractivity contribution in [3.05, 3.63) is 54.4 Å². The lowest BCUT2D eigenvalue weighted by Crippen LogP contribution is -2.43. The molecule has 1 aliphatic rings. The Kier molecular flexibility index (Phi) is 4.39. The fourth-order valence-corrected chi connectivity index (χ4v) is 3.16. The maximum Gasteiger partial charge on any atom is 0.240 e. The Hall–Kier alpha value is -2.34. The van der Waals surface area contributed by atoms with Crippen LogP contribution in [0.2, 0.25) is 0 Å². The Morgan fingerprint density at radius 1 is 1.23 bits per heavy atom. The van der Waals surface area contributed by atoms with Crippen molar-refractivity contribution in [1.82, 2.24) is 10.3 Å². The lowest BCUT2D eigenvalue weighted by Gasteiger charge is -2.28. The Morgan fingerprint density at radius 2 is 2.00 bits per heavy atom. The highest BCUT2D eigenvalue weighted by atomic mass is 32.2. The molecule has 0 aliphatic carbocycles. The second-order valence-corrected chi connectivity index (χ2v) is 5.89. The summed E-state index contributed by atoms with van der Waals surface area (Å²) >= 11 is 1.51. The van der Waals surface area contributed by atoms with Crippen LogP contribution in [0.15, 0.2) is 53.7 Å². The van der Waals surface area contributed by atoms with Gasteiger partial charge < -0.3 is 10.2 Å². The number of rotatable bonds is 4. The highest BCUT2D eigenvalue weighted by Crippen LogP contribution is 2.34. The monoisotopic (exact) mass is 313 g/mol. The largest absolute Gasteiger partial charge is 0.350 e. The summed E-state index contributed by atoms with van der Waals surface area (Å²) in [5.74, 6) is 0.156. The molecule has 2 heterocycles. The molecule has 1 aromatic carbocycles. The first-order valence-corrected chi connectivity index (χ1v) is 7.90. The van der Waals surface area contributed by atoms with Crippen LogP contribution in [-0.2, 0) is 16.1 Å². The summed E-state index contributed by atoms with van der Waals surface area (Å²) in [6.45, 7) is 0.473. The molecule has 2 aromatic rings. The molecule has 1 aliphatic heterocycles. The van der Waals surface area contributed by atoms with Crippen LogP contribution in [0, 0.1) is 0 Å². The van der Waals surface area contributed by atoms with Gasteiger partial charge in [-0.2, -0.15) is 0 Å². The number of anilines is 1. The van der Waals surface area contributed by atoms with Crippen molar-refractivity contribution in [3.63, 3.8) is 0 Å². The van der Waals surface area contributed by atoms with Gasteiger partial charge in [-0.3, -0.25) is 14.6 Å². The van der Waals surface area contributed by atoms with Crippen molar-refractivity contribution in [1.29, 1.82) is 0 Å². The van der Waals surface area contributed by atoms with Crippen LogP contribution in [0.3, 0.4) is 0 Å². The van der Waals surface area contributed by atoms with Crippen LogP contribution >= 0.6 is 11.8 Å². The number of pyridine rings is 1. The molecular weight excluding hydrogens is 298 g/mol. The van der Waals surface area contributed by atoms with E-state index in [4.69, 9.17) is 0 Å². The maximum absolute atomic E-state index is 12.1. The van der Waals surface area contributed by atoms with Gasteiger partial charge in [0, 0.05) is 23.8 Å². The molecule has 5 nitrogen and oxygen atoms in total. The van der Waals surface area contributed by atoms with Crippen molar-refractivity contribution in [3.8, 4) is 0 Å². The standard InChI is InChI=1S/C16H15N3O2S/c20-15(18-9-12-5-7-17-8-6-12)10-19-13-3-1-2-4-14(13)22-11-16(19)21/h1-8H,9-11H2,(H,18,20). The van der Waals surface area contributed by atoms with E-state index in [1.54, 1.807) is 17.3 Å². The SMILES string of the molecule is O=C(CN1C(=O)CSc2ccccc21)NCc1ccncc1. The Labute approximate surface area is 132 Å².